The second-order valence-corrected chi connectivity index (χ2v) is 9.04. The number of allylic oxidation sites excluding steroid dienone is 6. The van der Waals surface area contributed by atoms with Gasteiger partial charge in [-0.2, -0.15) is 5.10 Å². The lowest BCUT2D eigenvalue weighted by Gasteiger charge is -2.26. The Morgan fingerprint density at radius 2 is 2.06 bits per heavy atom. The number of hydrogen-bond acceptors (Lipinski definition) is 4. The number of nitrogens with zero attached hydrogens (tertiary/aromatic N) is 3. The smallest absolute Gasteiger partial charge is 0.274 e. The monoisotopic (exact) mass is 455 g/mol. The third-order valence-electron chi connectivity index (χ3n) is 5.30. The second-order valence-electron chi connectivity index (χ2n) is 7.59. The molecule has 2 aliphatic heterocycles. The summed E-state index contributed by atoms with van der Waals surface area (Å²) in [7, 11) is 0. The summed E-state index contributed by atoms with van der Waals surface area (Å²) in [6, 6.07) is 8.32. The van der Waals surface area contributed by atoms with Crippen LogP contribution in [0.2, 0.25) is 0 Å². The van der Waals surface area contributed by atoms with E-state index in [2.05, 4.69) is 12.1 Å². The van der Waals surface area contributed by atoms with Crippen molar-refractivity contribution in [1.29, 1.82) is 0 Å². The Bertz CT molecular complexity index is 1060. The van der Waals surface area contributed by atoms with Crippen molar-refractivity contribution in [3.8, 4) is 11.3 Å². The van der Waals surface area contributed by atoms with Crippen LogP contribution in [0.4, 0.5) is 0 Å². The first-order valence-corrected chi connectivity index (χ1v) is 11.8. The zero-order valence-electron chi connectivity index (χ0n) is 17.8. The molecule has 1 aromatic carbocycles. The molecule has 0 radical (unpaired) electrons. The van der Waals surface area contributed by atoms with E-state index in [-0.39, 0.29) is 5.91 Å². The number of carbonyl (C=O) groups excluding carboxylic acids is 1. The first kappa shape index (κ1) is 21.9. The van der Waals surface area contributed by atoms with E-state index in [1.807, 2.05) is 59.9 Å². The van der Waals surface area contributed by atoms with E-state index in [0.717, 1.165) is 28.1 Å². The van der Waals surface area contributed by atoms with E-state index in [4.69, 9.17) is 21.4 Å². The van der Waals surface area contributed by atoms with Crippen LogP contribution >= 0.6 is 23.4 Å². The van der Waals surface area contributed by atoms with E-state index in [1.54, 1.807) is 11.8 Å². The fourth-order valence-electron chi connectivity index (χ4n) is 3.83. The molecule has 2 aromatic rings. The maximum atomic E-state index is 13.3. The molecule has 0 unspecified atom stereocenters. The maximum absolute atomic E-state index is 13.3. The fourth-order valence-corrected chi connectivity index (χ4v) is 5.16. The number of aromatic nitrogens is 2. The zero-order valence-corrected chi connectivity index (χ0v) is 19.4. The molecule has 7 heteroatoms. The topological polar surface area (TPSA) is 47.4 Å². The van der Waals surface area contributed by atoms with Crippen molar-refractivity contribution in [3.05, 3.63) is 70.4 Å². The Hall–Kier alpha value is -2.28. The van der Waals surface area contributed by atoms with Crippen LogP contribution in [0.3, 0.4) is 0 Å². The predicted octanol–water partition coefficient (Wildman–Crippen LogP) is 5.27. The number of hydrogen-bond donors (Lipinski definition) is 0. The van der Waals surface area contributed by atoms with Gasteiger partial charge in [0.05, 0.1) is 25.5 Å². The molecule has 3 heterocycles. The van der Waals surface area contributed by atoms with Crippen LogP contribution in [0, 0.1) is 0 Å². The number of carbonyl (C=O) groups is 1. The van der Waals surface area contributed by atoms with Gasteiger partial charge in [0.15, 0.2) is 5.69 Å². The van der Waals surface area contributed by atoms with Gasteiger partial charge in [-0.1, -0.05) is 47.5 Å². The number of morpholine rings is 1. The summed E-state index contributed by atoms with van der Waals surface area (Å²) in [5.41, 5.74) is 4.81. The minimum Gasteiger partial charge on any atom is -0.378 e. The molecule has 1 saturated heterocycles. The number of thioether (sulfide) groups is 1. The van der Waals surface area contributed by atoms with Crippen molar-refractivity contribution >= 4 is 29.3 Å². The number of benzene rings is 1. The summed E-state index contributed by atoms with van der Waals surface area (Å²) in [5, 5.41) is 5.49. The highest BCUT2D eigenvalue weighted by molar-refractivity contribution is 7.98. The highest BCUT2D eigenvalue weighted by Gasteiger charge is 2.31. The lowest BCUT2D eigenvalue weighted by atomic mass is 10.0. The minimum absolute atomic E-state index is 0.00840. The summed E-state index contributed by atoms with van der Waals surface area (Å²) in [5.74, 6) is 0.730. The molecule has 0 bridgehead atoms. The Labute approximate surface area is 192 Å². The molecule has 0 atom stereocenters. The van der Waals surface area contributed by atoms with Crippen LogP contribution in [0.25, 0.3) is 11.3 Å². The number of rotatable bonds is 5. The second kappa shape index (κ2) is 9.90. The number of halogens is 1. The molecule has 4 rings (SSSR count). The van der Waals surface area contributed by atoms with Crippen LogP contribution in [-0.2, 0) is 17.0 Å². The van der Waals surface area contributed by atoms with Gasteiger partial charge >= 0.3 is 0 Å². The van der Waals surface area contributed by atoms with E-state index in [9.17, 15) is 4.79 Å². The molecular weight excluding hydrogens is 430 g/mol. The molecular formula is C24H26ClN3O2S. The average Bonchev–Trinajstić information content (AvgIpc) is 3.16. The molecule has 0 saturated carbocycles. The number of ether oxygens (including phenoxy) is 1. The van der Waals surface area contributed by atoms with Crippen LogP contribution in [0.5, 0.6) is 0 Å². The molecule has 5 nitrogen and oxygen atoms in total. The number of amides is 1. The maximum Gasteiger partial charge on any atom is 0.274 e. The van der Waals surface area contributed by atoms with Crippen molar-refractivity contribution in [3.63, 3.8) is 0 Å². The summed E-state index contributed by atoms with van der Waals surface area (Å²) >= 11 is 8.09. The van der Waals surface area contributed by atoms with Gasteiger partial charge in [0.25, 0.3) is 5.91 Å². The van der Waals surface area contributed by atoms with E-state index < -0.39 is 0 Å². The SMILES string of the molecule is C/C=C/C=C(Cl)\C=C(/C)Cn1nc(C(=O)N2CCOCC2)c2c1-c1ccccc1SC2. The molecule has 1 aromatic heterocycles. The van der Waals surface area contributed by atoms with Crippen molar-refractivity contribution in [2.45, 2.75) is 31.0 Å². The van der Waals surface area contributed by atoms with E-state index in [1.165, 1.54) is 4.90 Å². The molecule has 162 valence electrons. The predicted molar refractivity (Wildman–Crippen MR) is 126 cm³/mol. The molecule has 0 N–H and O–H groups in total. The first-order chi connectivity index (χ1) is 15.1. The zero-order chi connectivity index (χ0) is 21.8. The van der Waals surface area contributed by atoms with Gasteiger partial charge in [0, 0.05) is 39.9 Å². The van der Waals surface area contributed by atoms with Crippen LogP contribution in [0.15, 0.2) is 64.1 Å². The molecule has 0 spiro atoms. The van der Waals surface area contributed by atoms with E-state index in [0.29, 0.717) is 43.6 Å². The lowest BCUT2D eigenvalue weighted by Crippen LogP contribution is -2.41. The standard InChI is InChI=1S/C24H26ClN3O2S/c1-3-4-7-18(25)14-17(2)15-28-23-19-8-5-6-9-21(19)31-16-20(23)22(26-28)24(29)27-10-12-30-13-11-27/h3-9,14H,10-13,15-16H2,1-2H3/b4-3+,17-14+,18-7+. The van der Waals surface area contributed by atoms with Gasteiger partial charge in [-0.25, -0.2) is 0 Å². The Kier molecular flexibility index (Phi) is 7.00. The highest BCUT2D eigenvalue weighted by atomic mass is 35.5. The molecule has 0 aliphatic carbocycles. The quantitative estimate of drug-likeness (QED) is 0.576. The third-order valence-corrected chi connectivity index (χ3v) is 6.63. The van der Waals surface area contributed by atoms with Crippen LogP contribution < -0.4 is 0 Å². The third kappa shape index (κ3) is 4.81. The van der Waals surface area contributed by atoms with Gasteiger partial charge in [-0.3, -0.25) is 9.48 Å². The molecule has 1 fully saturated rings. The summed E-state index contributed by atoms with van der Waals surface area (Å²) < 4.78 is 7.38. The van der Waals surface area contributed by atoms with Crippen LogP contribution in [0.1, 0.15) is 29.9 Å². The van der Waals surface area contributed by atoms with Crippen molar-refractivity contribution < 1.29 is 9.53 Å². The summed E-state index contributed by atoms with van der Waals surface area (Å²) in [4.78, 5) is 16.4. The van der Waals surface area contributed by atoms with Gasteiger partial charge in [0.1, 0.15) is 0 Å². The average molecular weight is 456 g/mol. The Morgan fingerprint density at radius 3 is 2.84 bits per heavy atom. The normalized spacial score (nSPS) is 17.1. The minimum atomic E-state index is -0.00840. The van der Waals surface area contributed by atoms with E-state index >= 15 is 0 Å². The van der Waals surface area contributed by atoms with Crippen LogP contribution in [-0.4, -0.2) is 46.9 Å². The van der Waals surface area contributed by atoms with Gasteiger partial charge in [-0.15, -0.1) is 11.8 Å². The first-order valence-electron chi connectivity index (χ1n) is 10.4. The van der Waals surface area contributed by atoms with Gasteiger partial charge < -0.3 is 9.64 Å². The Morgan fingerprint density at radius 1 is 1.29 bits per heavy atom. The largest absolute Gasteiger partial charge is 0.378 e. The fraction of sp³-hybridized carbons (Fsp3) is 0.333. The number of fused-ring (bicyclic) bond motifs is 3. The van der Waals surface area contributed by atoms with Crippen molar-refractivity contribution in [2.24, 2.45) is 0 Å². The Balaban J connectivity index is 1.74. The van der Waals surface area contributed by atoms with Gasteiger partial charge in [-0.05, 0) is 32.1 Å². The molecule has 31 heavy (non-hydrogen) atoms. The summed E-state index contributed by atoms with van der Waals surface area (Å²) in [6.45, 7) is 6.92. The molecule has 1 amide bonds. The highest BCUT2D eigenvalue weighted by Crippen LogP contribution is 2.43. The molecule has 2 aliphatic rings. The van der Waals surface area contributed by atoms with Crippen molar-refractivity contribution in [1.82, 2.24) is 14.7 Å². The lowest BCUT2D eigenvalue weighted by molar-refractivity contribution is 0.0298. The summed E-state index contributed by atoms with van der Waals surface area (Å²) in [6.07, 6.45) is 7.66. The van der Waals surface area contributed by atoms with Gasteiger partial charge in [0.2, 0.25) is 0 Å². The van der Waals surface area contributed by atoms with Crippen molar-refractivity contribution in [2.75, 3.05) is 26.3 Å².